The molecule has 0 saturated heterocycles. The Hall–Kier alpha value is -0.900. The minimum atomic E-state index is 0.628. The van der Waals surface area contributed by atoms with Gasteiger partial charge in [-0.15, -0.1) is 0 Å². The lowest BCUT2D eigenvalue weighted by molar-refractivity contribution is 0.369. The highest BCUT2D eigenvalue weighted by Gasteiger charge is 2.12. The van der Waals surface area contributed by atoms with Crippen molar-refractivity contribution in [2.24, 2.45) is 13.0 Å². The van der Waals surface area contributed by atoms with Crippen LogP contribution >= 0.6 is 0 Å². The zero-order valence-corrected chi connectivity index (χ0v) is 11.6. The van der Waals surface area contributed by atoms with Gasteiger partial charge in [-0.25, -0.2) is 4.98 Å². The number of hydrogen-bond acceptors (Lipinski definition) is 3. The van der Waals surface area contributed by atoms with E-state index in [1.54, 1.807) is 6.33 Å². The molecule has 4 nitrogen and oxygen atoms in total. The van der Waals surface area contributed by atoms with E-state index in [4.69, 9.17) is 0 Å². The molecule has 0 aliphatic carbocycles. The highest BCUT2D eigenvalue weighted by molar-refractivity contribution is 4.84. The van der Waals surface area contributed by atoms with E-state index in [2.05, 4.69) is 36.2 Å². The molecule has 0 amide bonds. The Kier molecular flexibility index (Phi) is 6.19. The maximum absolute atomic E-state index is 4.25. The third kappa shape index (κ3) is 4.86. The van der Waals surface area contributed by atoms with Crippen LogP contribution in [0.4, 0.5) is 0 Å². The molecule has 1 unspecified atom stereocenters. The molecule has 17 heavy (non-hydrogen) atoms. The quantitative estimate of drug-likeness (QED) is 0.754. The number of hydrogen-bond donors (Lipinski definition) is 1. The zero-order valence-electron chi connectivity index (χ0n) is 11.6. The van der Waals surface area contributed by atoms with Gasteiger partial charge in [0.1, 0.15) is 12.2 Å². The van der Waals surface area contributed by atoms with Crippen LogP contribution in [0, 0.1) is 5.92 Å². The van der Waals surface area contributed by atoms with Gasteiger partial charge in [-0.1, -0.05) is 20.8 Å². The van der Waals surface area contributed by atoms with Crippen LogP contribution in [0.3, 0.4) is 0 Å². The van der Waals surface area contributed by atoms with Crippen LogP contribution in [0.5, 0.6) is 0 Å². The maximum Gasteiger partial charge on any atom is 0.138 e. The van der Waals surface area contributed by atoms with Crippen molar-refractivity contribution in [2.45, 2.75) is 52.5 Å². The highest BCUT2D eigenvalue weighted by atomic mass is 15.3. The first kappa shape index (κ1) is 14.2. The summed E-state index contributed by atoms with van der Waals surface area (Å²) in [6.45, 7) is 7.90. The molecule has 1 rings (SSSR count). The molecule has 0 saturated carbocycles. The summed E-state index contributed by atoms with van der Waals surface area (Å²) in [4.78, 5) is 4.25. The van der Waals surface area contributed by atoms with Crippen LogP contribution in [0.2, 0.25) is 0 Å². The van der Waals surface area contributed by atoms with Crippen LogP contribution in [0.1, 0.15) is 45.9 Å². The summed E-state index contributed by atoms with van der Waals surface area (Å²) in [5, 5.41) is 7.71. The summed E-state index contributed by atoms with van der Waals surface area (Å²) in [6.07, 6.45) is 6.24. The zero-order chi connectivity index (χ0) is 12.7. The molecule has 0 aliphatic heterocycles. The van der Waals surface area contributed by atoms with Gasteiger partial charge in [0, 0.05) is 19.5 Å². The predicted molar refractivity (Wildman–Crippen MR) is 70.9 cm³/mol. The molecule has 0 bridgehead atoms. The second-order valence-electron chi connectivity index (χ2n) is 5.00. The molecule has 0 aromatic carbocycles. The van der Waals surface area contributed by atoms with Gasteiger partial charge in [-0.2, -0.15) is 5.10 Å². The molecule has 1 atom stereocenters. The minimum absolute atomic E-state index is 0.628. The Morgan fingerprint density at radius 1 is 1.41 bits per heavy atom. The molecule has 1 aromatic rings. The molecular formula is C13H26N4. The van der Waals surface area contributed by atoms with E-state index in [0.717, 1.165) is 18.8 Å². The fourth-order valence-electron chi connectivity index (χ4n) is 2.03. The first-order chi connectivity index (χ1) is 8.15. The van der Waals surface area contributed by atoms with E-state index in [0.29, 0.717) is 12.0 Å². The fraction of sp³-hybridized carbons (Fsp3) is 0.846. The lowest BCUT2D eigenvalue weighted by Crippen LogP contribution is -2.34. The third-order valence-electron chi connectivity index (χ3n) is 3.18. The van der Waals surface area contributed by atoms with E-state index in [-0.39, 0.29) is 0 Å². The summed E-state index contributed by atoms with van der Waals surface area (Å²) in [5.41, 5.74) is 0. The first-order valence-electron chi connectivity index (χ1n) is 6.71. The lowest BCUT2D eigenvalue weighted by atomic mass is 9.98. The van der Waals surface area contributed by atoms with Crippen molar-refractivity contribution in [3.05, 3.63) is 12.2 Å². The van der Waals surface area contributed by atoms with Gasteiger partial charge in [0.05, 0.1) is 0 Å². The van der Waals surface area contributed by atoms with E-state index in [9.17, 15) is 0 Å². The van der Waals surface area contributed by atoms with Crippen molar-refractivity contribution in [3.8, 4) is 0 Å². The predicted octanol–water partition coefficient (Wildman–Crippen LogP) is 2.16. The third-order valence-corrected chi connectivity index (χ3v) is 3.18. The van der Waals surface area contributed by atoms with Gasteiger partial charge in [0.25, 0.3) is 0 Å². The van der Waals surface area contributed by atoms with Gasteiger partial charge >= 0.3 is 0 Å². The summed E-state index contributed by atoms with van der Waals surface area (Å²) in [5.74, 6) is 1.78. The molecule has 0 fully saturated rings. The van der Waals surface area contributed by atoms with E-state index in [1.807, 2.05) is 11.7 Å². The van der Waals surface area contributed by atoms with Crippen LogP contribution < -0.4 is 5.32 Å². The van der Waals surface area contributed by atoms with Crippen LogP contribution in [-0.2, 0) is 13.5 Å². The number of aromatic nitrogens is 3. The van der Waals surface area contributed by atoms with Gasteiger partial charge in [0.15, 0.2) is 0 Å². The minimum Gasteiger partial charge on any atom is -0.314 e. The van der Waals surface area contributed by atoms with Crippen molar-refractivity contribution in [1.29, 1.82) is 0 Å². The average Bonchev–Trinajstić information content (AvgIpc) is 2.69. The number of nitrogens with zero attached hydrogens (tertiary/aromatic N) is 3. The number of aryl methyl sites for hydroxylation is 2. The maximum atomic E-state index is 4.25. The summed E-state index contributed by atoms with van der Waals surface area (Å²) in [6, 6.07) is 0.628. The summed E-state index contributed by atoms with van der Waals surface area (Å²) >= 11 is 0. The molecule has 4 heteroatoms. The Balaban J connectivity index is 2.29. The van der Waals surface area contributed by atoms with Gasteiger partial charge in [-0.3, -0.25) is 4.68 Å². The Morgan fingerprint density at radius 2 is 2.18 bits per heavy atom. The number of rotatable bonds is 8. The smallest absolute Gasteiger partial charge is 0.138 e. The molecule has 98 valence electrons. The van der Waals surface area contributed by atoms with Crippen molar-refractivity contribution in [3.63, 3.8) is 0 Å². The SMILES string of the molecule is CCCNC(CCCc1ncnn1C)C(C)C. The van der Waals surface area contributed by atoms with Gasteiger partial charge in [-0.05, 0) is 31.7 Å². The van der Waals surface area contributed by atoms with Crippen molar-refractivity contribution in [1.82, 2.24) is 20.1 Å². The van der Waals surface area contributed by atoms with E-state index >= 15 is 0 Å². The molecule has 0 spiro atoms. The molecule has 0 radical (unpaired) electrons. The van der Waals surface area contributed by atoms with Crippen LogP contribution in [0.15, 0.2) is 6.33 Å². The van der Waals surface area contributed by atoms with E-state index < -0.39 is 0 Å². The molecule has 1 N–H and O–H groups in total. The average molecular weight is 238 g/mol. The normalized spacial score (nSPS) is 13.2. The Bertz CT molecular complexity index is 306. The Morgan fingerprint density at radius 3 is 2.71 bits per heavy atom. The van der Waals surface area contributed by atoms with Gasteiger partial charge in [0.2, 0.25) is 0 Å². The Labute approximate surface area is 105 Å². The van der Waals surface area contributed by atoms with Crippen LogP contribution in [0.25, 0.3) is 0 Å². The molecule has 1 aromatic heterocycles. The molecule has 0 aliphatic rings. The molecule has 1 heterocycles. The van der Waals surface area contributed by atoms with E-state index in [1.165, 1.54) is 19.3 Å². The standard InChI is InChI=1S/C13H26N4/c1-5-9-14-12(11(2)3)7-6-8-13-15-10-16-17(13)4/h10-12,14H,5-9H2,1-4H3. The number of nitrogens with one attached hydrogen (secondary N) is 1. The monoisotopic (exact) mass is 238 g/mol. The van der Waals surface area contributed by atoms with Crippen molar-refractivity contribution < 1.29 is 0 Å². The second kappa shape index (κ2) is 7.43. The van der Waals surface area contributed by atoms with Crippen molar-refractivity contribution >= 4 is 0 Å². The summed E-state index contributed by atoms with van der Waals surface area (Å²) < 4.78 is 1.86. The van der Waals surface area contributed by atoms with Crippen molar-refractivity contribution in [2.75, 3.05) is 6.54 Å². The van der Waals surface area contributed by atoms with Gasteiger partial charge < -0.3 is 5.32 Å². The fourth-order valence-corrected chi connectivity index (χ4v) is 2.03. The summed E-state index contributed by atoms with van der Waals surface area (Å²) in [7, 11) is 1.96. The lowest BCUT2D eigenvalue weighted by Gasteiger charge is -2.22. The first-order valence-corrected chi connectivity index (χ1v) is 6.71. The highest BCUT2D eigenvalue weighted by Crippen LogP contribution is 2.10. The molecular weight excluding hydrogens is 212 g/mol. The second-order valence-corrected chi connectivity index (χ2v) is 5.00. The topological polar surface area (TPSA) is 42.7 Å². The van der Waals surface area contributed by atoms with Crippen LogP contribution in [-0.4, -0.2) is 27.4 Å². The largest absolute Gasteiger partial charge is 0.314 e.